The fourth-order valence-electron chi connectivity index (χ4n) is 4.36. The van der Waals surface area contributed by atoms with Crippen molar-refractivity contribution in [2.45, 2.75) is 11.3 Å². The van der Waals surface area contributed by atoms with Gasteiger partial charge in [-0.05, 0) is 54.6 Å². The molecule has 3 aromatic rings. The minimum atomic E-state index is -0.348. The third-order valence-electron chi connectivity index (χ3n) is 5.96. The molecule has 7 heteroatoms. The number of rotatable bonds is 6. The molecule has 1 saturated heterocycles. The molecule has 2 aliphatic heterocycles. The van der Waals surface area contributed by atoms with E-state index in [1.807, 2.05) is 24.1 Å². The largest absolute Gasteiger partial charge is 0.369 e. The topological polar surface area (TPSA) is 52.9 Å². The number of piperazine rings is 1. The highest BCUT2D eigenvalue weighted by atomic mass is 32.2. The van der Waals surface area contributed by atoms with Crippen LogP contribution in [0.15, 0.2) is 65.6 Å². The van der Waals surface area contributed by atoms with Crippen LogP contribution >= 0.6 is 11.9 Å². The number of nitrogens with zero attached hydrogens (tertiary/aromatic N) is 4. The fourth-order valence-corrected chi connectivity index (χ4v) is 5.52. The lowest BCUT2D eigenvalue weighted by Crippen LogP contribution is -2.46. The average molecular weight is 421 g/mol. The van der Waals surface area contributed by atoms with E-state index in [0.717, 1.165) is 51.4 Å². The summed E-state index contributed by atoms with van der Waals surface area (Å²) in [6, 6.07) is 20.0. The molecule has 0 bridgehead atoms. The van der Waals surface area contributed by atoms with Gasteiger partial charge in [-0.3, -0.25) is 15.0 Å². The maximum atomic E-state index is 10.8. The van der Waals surface area contributed by atoms with E-state index in [0.29, 0.717) is 0 Å². The third kappa shape index (κ3) is 3.70. The van der Waals surface area contributed by atoms with Gasteiger partial charge in [0.1, 0.15) is 0 Å². The molecule has 0 N–H and O–H groups in total. The number of hydrogen-bond acceptors (Lipinski definition) is 6. The van der Waals surface area contributed by atoms with Gasteiger partial charge < -0.3 is 9.21 Å². The molecule has 30 heavy (non-hydrogen) atoms. The number of nitro groups is 1. The summed E-state index contributed by atoms with van der Waals surface area (Å²) in [6.45, 7) is 6.11. The highest BCUT2D eigenvalue weighted by molar-refractivity contribution is 8.01. The maximum absolute atomic E-state index is 10.8. The van der Waals surface area contributed by atoms with E-state index in [4.69, 9.17) is 0 Å². The van der Waals surface area contributed by atoms with Gasteiger partial charge in [0.15, 0.2) is 0 Å². The number of nitro benzene ring substituents is 1. The predicted molar refractivity (Wildman–Crippen MR) is 124 cm³/mol. The molecule has 0 atom stereocenters. The average Bonchev–Trinajstić information content (AvgIpc) is 3.14. The van der Waals surface area contributed by atoms with Crippen LogP contribution in [0.2, 0.25) is 0 Å². The van der Waals surface area contributed by atoms with Crippen molar-refractivity contribution >= 4 is 39.8 Å². The van der Waals surface area contributed by atoms with Gasteiger partial charge in [0, 0.05) is 60.8 Å². The quantitative estimate of drug-likeness (QED) is 0.325. The lowest BCUT2D eigenvalue weighted by Gasteiger charge is -2.36. The van der Waals surface area contributed by atoms with Crippen LogP contribution in [0, 0.1) is 10.1 Å². The standard InChI is InChI=1S/C23H24N4O2S/c28-27(29)20-10-8-19(9-11-20)25-16-14-24(15-17-25)12-3-13-26-21-6-1-4-18-5-2-7-22(30-26)23(18)21/h1-2,4-11H,3,12-17H2. The number of hydrogen-bond donors (Lipinski definition) is 0. The zero-order chi connectivity index (χ0) is 20.5. The molecular weight excluding hydrogens is 396 g/mol. The summed E-state index contributed by atoms with van der Waals surface area (Å²) in [6.07, 6.45) is 1.13. The molecule has 6 nitrogen and oxygen atoms in total. The van der Waals surface area contributed by atoms with Crippen molar-refractivity contribution in [2.24, 2.45) is 0 Å². The minimum Gasteiger partial charge on any atom is -0.369 e. The molecule has 0 spiro atoms. The van der Waals surface area contributed by atoms with E-state index in [1.165, 1.54) is 21.4 Å². The van der Waals surface area contributed by atoms with Gasteiger partial charge >= 0.3 is 0 Å². The second-order valence-corrected chi connectivity index (χ2v) is 8.84. The zero-order valence-electron chi connectivity index (χ0n) is 16.7. The first-order valence-corrected chi connectivity index (χ1v) is 11.2. The molecule has 3 aromatic carbocycles. The van der Waals surface area contributed by atoms with Gasteiger partial charge in [0.05, 0.1) is 10.6 Å². The number of benzene rings is 3. The summed E-state index contributed by atoms with van der Waals surface area (Å²) in [5, 5.41) is 13.5. The molecule has 0 aromatic heterocycles. The highest BCUT2D eigenvalue weighted by Gasteiger charge is 2.23. The first-order valence-electron chi connectivity index (χ1n) is 10.4. The summed E-state index contributed by atoms with van der Waals surface area (Å²) >= 11 is 1.86. The van der Waals surface area contributed by atoms with Crippen LogP contribution in [0.1, 0.15) is 6.42 Å². The fraction of sp³-hybridized carbons (Fsp3) is 0.304. The minimum absolute atomic E-state index is 0.148. The molecule has 2 heterocycles. The monoisotopic (exact) mass is 420 g/mol. The zero-order valence-corrected chi connectivity index (χ0v) is 17.6. The smallest absolute Gasteiger partial charge is 0.269 e. The lowest BCUT2D eigenvalue weighted by molar-refractivity contribution is -0.384. The van der Waals surface area contributed by atoms with Crippen molar-refractivity contribution in [3.8, 4) is 0 Å². The van der Waals surface area contributed by atoms with Gasteiger partial charge in [-0.1, -0.05) is 24.3 Å². The van der Waals surface area contributed by atoms with Gasteiger partial charge in [0.25, 0.3) is 5.69 Å². The predicted octanol–water partition coefficient (Wildman–Crippen LogP) is 4.79. The van der Waals surface area contributed by atoms with E-state index in [9.17, 15) is 10.1 Å². The van der Waals surface area contributed by atoms with Crippen molar-refractivity contribution < 1.29 is 4.92 Å². The van der Waals surface area contributed by atoms with Gasteiger partial charge in [-0.25, -0.2) is 0 Å². The molecule has 5 rings (SSSR count). The molecule has 1 fully saturated rings. The summed E-state index contributed by atoms with van der Waals surface area (Å²) < 4.78 is 2.44. The lowest BCUT2D eigenvalue weighted by atomic mass is 10.1. The Morgan fingerprint density at radius 1 is 0.900 bits per heavy atom. The van der Waals surface area contributed by atoms with Crippen LogP contribution in [0.3, 0.4) is 0 Å². The van der Waals surface area contributed by atoms with Crippen molar-refractivity contribution in [1.29, 1.82) is 0 Å². The van der Waals surface area contributed by atoms with E-state index in [1.54, 1.807) is 12.1 Å². The normalized spacial score (nSPS) is 16.4. The van der Waals surface area contributed by atoms with Crippen molar-refractivity contribution in [3.05, 3.63) is 70.8 Å². The van der Waals surface area contributed by atoms with Gasteiger partial charge in [-0.15, -0.1) is 0 Å². The van der Waals surface area contributed by atoms with Crippen molar-refractivity contribution in [3.63, 3.8) is 0 Å². The van der Waals surface area contributed by atoms with Gasteiger partial charge in [-0.2, -0.15) is 0 Å². The Kier molecular flexibility index (Phi) is 5.23. The van der Waals surface area contributed by atoms with Crippen LogP contribution in [0.5, 0.6) is 0 Å². The Balaban J connectivity index is 1.12. The van der Waals surface area contributed by atoms with Crippen molar-refractivity contribution in [1.82, 2.24) is 4.90 Å². The van der Waals surface area contributed by atoms with Gasteiger partial charge in [0.2, 0.25) is 0 Å². The Labute approximate surface area is 180 Å². The van der Waals surface area contributed by atoms with Crippen LogP contribution in [-0.2, 0) is 0 Å². The highest BCUT2D eigenvalue weighted by Crippen LogP contribution is 2.45. The molecule has 154 valence electrons. The summed E-state index contributed by atoms with van der Waals surface area (Å²) in [4.78, 5) is 16.7. The Hall–Kier alpha value is -2.77. The van der Waals surface area contributed by atoms with E-state index in [-0.39, 0.29) is 10.6 Å². The van der Waals surface area contributed by atoms with Crippen LogP contribution < -0.4 is 9.21 Å². The molecule has 0 unspecified atom stereocenters. The Morgan fingerprint density at radius 3 is 2.37 bits per heavy atom. The van der Waals surface area contributed by atoms with Crippen LogP contribution in [0.25, 0.3) is 10.8 Å². The van der Waals surface area contributed by atoms with E-state index < -0.39 is 0 Å². The second kappa shape index (κ2) is 8.16. The third-order valence-corrected chi connectivity index (χ3v) is 7.09. The van der Waals surface area contributed by atoms with Crippen LogP contribution in [-0.4, -0.2) is 49.1 Å². The van der Waals surface area contributed by atoms with E-state index >= 15 is 0 Å². The molecule has 0 saturated carbocycles. The summed E-state index contributed by atoms with van der Waals surface area (Å²) in [5.41, 5.74) is 2.56. The molecule has 2 aliphatic rings. The number of non-ortho nitro benzene ring substituents is 1. The first kappa shape index (κ1) is 19.2. The number of anilines is 2. The van der Waals surface area contributed by atoms with Crippen LogP contribution in [0.4, 0.5) is 17.1 Å². The van der Waals surface area contributed by atoms with Crippen molar-refractivity contribution in [2.75, 3.05) is 48.5 Å². The Bertz CT molecular complexity index is 1060. The first-order chi connectivity index (χ1) is 14.7. The maximum Gasteiger partial charge on any atom is 0.269 e. The second-order valence-electron chi connectivity index (χ2n) is 7.78. The molecular formula is C23H24N4O2S. The van der Waals surface area contributed by atoms with E-state index in [2.05, 4.69) is 50.5 Å². The molecule has 0 aliphatic carbocycles. The summed E-state index contributed by atoms with van der Waals surface area (Å²) in [5.74, 6) is 0. The molecule has 0 amide bonds. The Morgan fingerprint density at radius 2 is 1.63 bits per heavy atom. The molecule has 0 radical (unpaired) electrons. The SMILES string of the molecule is O=[N+]([O-])c1ccc(N2CCN(CCCN3Sc4cccc5cccc3c45)CC2)cc1. The summed E-state index contributed by atoms with van der Waals surface area (Å²) in [7, 11) is 0.